The third kappa shape index (κ3) is 11.3. The SMILES string of the molecule is CCC=CCCC=CCCC=CC1C(COP(=O)(O)O)C1(C)C=CCCC=CCC. The highest BCUT2D eigenvalue weighted by molar-refractivity contribution is 7.46. The summed E-state index contributed by atoms with van der Waals surface area (Å²) in [6, 6.07) is 0. The molecule has 0 bridgehead atoms. The van der Waals surface area contributed by atoms with Crippen molar-refractivity contribution in [2.24, 2.45) is 17.3 Å². The number of hydrogen-bond donors (Lipinski definition) is 2. The van der Waals surface area contributed by atoms with Crippen molar-refractivity contribution >= 4 is 7.82 Å². The molecule has 0 heterocycles. The van der Waals surface area contributed by atoms with Gasteiger partial charge in [0.1, 0.15) is 0 Å². The van der Waals surface area contributed by atoms with Crippen molar-refractivity contribution in [1.29, 1.82) is 0 Å². The van der Waals surface area contributed by atoms with Crippen LogP contribution in [0.5, 0.6) is 0 Å². The molecule has 2 N–H and O–H groups in total. The zero-order valence-corrected chi connectivity index (χ0v) is 19.8. The Kier molecular flexibility index (Phi) is 13.2. The Morgan fingerprint density at radius 3 is 1.77 bits per heavy atom. The van der Waals surface area contributed by atoms with E-state index < -0.39 is 7.82 Å². The van der Waals surface area contributed by atoms with E-state index in [4.69, 9.17) is 14.3 Å². The smallest absolute Gasteiger partial charge is 0.303 e. The first-order valence-corrected chi connectivity index (χ1v) is 12.9. The van der Waals surface area contributed by atoms with Crippen molar-refractivity contribution in [2.45, 2.75) is 72.1 Å². The summed E-state index contributed by atoms with van der Waals surface area (Å²) in [4.78, 5) is 18.1. The van der Waals surface area contributed by atoms with Crippen LogP contribution < -0.4 is 0 Å². The van der Waals surface area contributed by atoms with Crippen molar-refractivity contribution in [3.05, 3.63) is 60.8 Å². The van der Waals surface area contributed by atoms with Crippen LogP contribution in [-0.2, 0) is 9.09 Å². The van der Waals surface area contributed by atoms with Gasteiger partial charge in [0.05, 0.1) is 6.61 Å². The first kappa shape index (κ1) is 26.8. The average Bonchev–Trinajstić information content (AvgIpc) is 3.26. The highest BCUT2D eigenvalue weighted by atomic mass is 31.2. The maximum absolute atomic E-state index is 11.1. The van der Waals surface area contributed by atoms with Gasteiger partial charge in [0.25, 0.3) is 0 Å². The van der Waals surface area contributed by atoms with E-state index in [2.05, 4.69) is 81.5 Å². The molecule has 0 spiro atoms. The number of rotatable bonds is 16. The summed E-state index contributed by atoms with van der Waals surface area (Å²) in [6.07, 6.45) is 30.4. The van der Waals surface area contributed by atoms with Crippen LogP contribution in [-0.4, -0.2) is 16.4 Å². The van der Waals surface area contributed by atoms with Gasteiger partial charge < -0.3 is 9.79 Å². The standard InChI is InChI=1S/C25H41O4P/c1-4-6-8-10-12-13-14-15-16-18-20-23-24(22-29-30(26,27)28)25(23,3)21-19-17-11-9-7-5-2/h6-9,13-14,18-21,23-24H,4-5,10-12,15-17,22H2,1-3H3,(H2,26,27,28). The highest BCUT2D eigenvalue weighted by Crippen LogP contribution is 2.61. The van der Waals surface area contributed by atoms with E-state index in [1.165, 1.54) is 0 Å². The van der Waals surface area contributed by atoms with Crippen LogP contribution in [0.1, 0.15) is 72.1 Å². The fraction of sp³-hybridized carbons (Fsp3) is 0.600. The molecule has 3 unspecified atom stereocenters. The van der Waals surface area contributed by atoms with Crippen molar-refractivity contribution in [1.82, 2.24) is 0 Å². The molecule has 0 aromatic carbocycles. The molecule has 1 aliphatic carbocycles. The third-order valence-corrected chi connectivity index (χ3v) is 6.04. The van der Waals surface area contributed by atoms with Crippen LogP contribution in [0.3, 0.4) is 0 Å². The summed E-state index contributed by atoms with van der Waals surface area (Å²) in [5.74, 6) is 0.361. The lowest BCUT2D eigenvalue weighted by Gasteiger charge is -2.07. The molecule has 30 heavy (non-hydrogen) atoms. The molecule has 0 aromatic rings. The van der Waals surface area contributed by atoms with Crippen molar-refractivity contribution in [3.8, 4) is 0 Å². The lowest BCUT2D eigenvalue weighted by molar-refractivity contribution is 0.183. The molecule has 1 rings (SSSR count). The number of phosphoric ester groups is 1. The van der Waals surface area contributed by atoms with Crippen LogP contribution in [0.25, 0.3) is 0 Å². The predicted octanol–water partition coefficient (Wildman–Crippen LogP) is 7.29. The quantitative estimate of drug-likeness (QED) is 0.151. The Labute approximate surface area is 183 Å². The maximum Gasteiger partial charge on any atom is 0.469 e. The fourth-order valence-corrected chi connectivity index (χ4v) is 4.01. The lowest BCUT2D eigenvalue weighted by Crippen LogP contribution is -2.01. The Morgan fingerprint density at radius 1 is 0.800 bits per heavy atom. The number of hydrogen-bond acceptors (Lipinski definition) is 2. The zero-order chi connectivity index (χ0) is 22.3. The van der Waals surface area contributed by atoms with E-state index >= 15 is 0 Å². The monoisotopic (exact) mass is 436 g/mol. The van der Waals surface area contributed by atoms with Gasteiger partial charge in [-0.3, -0.25) is 4.52 Å². The summed E-state index contributed by atoms with van der Waals surface area (Å²) < 4.78 is 15.9. The van der Waals surface area contributed by atoms with E-state index in [0.29, 0.717) is 0 Å². The van der Waals surface area contributed by atoms with Crippen molar-refractivity contribution in [3.63, 3.8) is 0 Å². The number of unbranched alkanes of at least 4 members (excludes halogenated alkanes) is 3. The van der Waals surface area contributed by atoms with Gasteiger partial charge in [-0.15, -0.1) is 0 Å². The molecule has 0 amide bonds. The molecular weight excluding hydrogens is 395 g/mol. The van der Waals surface area contributed by atoms with Crippen LogP contribution in [0.2, 0.25) is 0 Å². The molecule has 0 aromatic heterocycles. The average molecular weight is 437 g/mol. The van der Waals surface area contributed by atoms with Crippen LogP contribution in [0, 0.1) is 17.3 Å². The second-order valence-electron chi connectivity index (χ2n) is 8.08. The van der Waals surface area contributed by atoms with E-state index in [1.54, 1.807) is 0 Å². The third-order valence-electron chi connectivity index (χ3n) is 5.56. The van der Waals surface area contributed by atoms with Gasteiger partial charge in [-0.1, -0.05) is 81.5 Å². The maximum atomic E-state index is 11.1. The molecule has 1 saturated carbocycles. The van der Waals surface area contributed by atoms with Gasteiger partial charge in [-0.2, -0.15) is 0 Å². The molecule has 170 valence electrons. The summed E-state index contributed by atoms with van der Waals surface area (Å²) in [5.41, 5.74) is -0.0956. The van der Waals surface area contributed by atoms with Gasteiger partial charge in [-0.05, 0) is 68.6 Å². The molecule has 1 fully saturated rings. The molecule has 0 radical (unpaired) electrons. The van der Waals surface area contributed by atoms with Crippen molar-refractivity contribution in [2.75, 3.05) is 6.61 Å². The fourth-order valence-electron chi connectivity index (χ4n) is 3.66. The van der Waals surface area contributed by atoms with Gasteiger partial charge in [0.15, 0.2) is 0 Å². The molecule has 5 heteroatoms. The molecule has 0 saturated heterocycles. The minimum absolute atomic E-state index is 0.0844. The minimum atomic E-state index is -4.43. The van der Waals surface area contributed by atoms with Crippen LogP contribution >= 0.6 is 7.82 Å². The predicted molar refractivity (Wildman–Crippen MR) is 127 cm³/mol. The van der Waals surface area contributed by atoms with Gasteiger partial charge in [-0.25, -0.2) is 4.57 Å². The Hall–Kier alpha value is -1.19. The topological polar surface area (TPSA) is 66.8 Å². The Bertz CT molecular complexity index is 656. The first-order chi connectivity index (χ1) is 14.3. The molecule has 3 atom stereocenters. The van der Waals surface area contributed by atoms with E-state index in [0.717, 1.165) is 51.4 Å². The summed E-state index contributed by atoms with van der Waals surface area (Å²) in [7, 11) is -4.43. The second-order valence-corrected chi connectivity index (χ2v) is 9.32. The minimum Gasteiger partial charge on any atom is -0.303 e. The Balaban J connectivity index is 2.49. The number of phosphoric acid groups is 1. The molecule has 0 aliphatic heterocycles. The van der Waals surface area contributed by atoms with Crippen LogP contribution in [0.15, 0.2) is 60.8 Å². The van der Waals surface area contributed by atoms with Crippen molar-refractivity contribution < 1.29 is 18.9 Å². The molecular formula is C25H41O4P. The summed E-state index contributed by atoms with van der Waals surface area (Å²) in [5, 5.41) is 0. The lowest BCUT2D eigenvalue weighted by atomic mass is 10.0. The highest BCUT2D eigenvalue weighted by Gasteiger charge is 2.58. The molecule has 4 nitrogen and oxygen atoms in total. The van der Waals surface area contributed by atoms with Crippen LogP contribution in [0.4, 0.5) is 0 Å². The van der Waals surface area contributed by atoms with Gasteiger partial charge >= 0.3 is 7.82 Å². The number of allylic oxidation sites excluding steroid dienone is 10. The first-order valence-electron chi connectivity index (χ1n) is 11.3. The summed E-state index contributed by atoms with van der Waals surface area (Å²) in [6.45, 7) is 6.51. The molecule has 1 aliphatic rings. The van der Waals surface area contributed by atoms with E-state index in [1.807, 2.05) is 0 Å². The normalized spacial score (nSPS) is 25.1. The van der Waals surface area contributed by atoms with Gasteiger partial charge in [0.2, 0.25) is 0 Å². The van der Waals surface area contributed by atoms with Gasteiger partial charge in [0, 0.05) is 0 Å². The largest absolute Gasteiger partial charge is 0.469 e. The van der Waals surface area contributed by atoms with E-state index in [9.17, 15) is 4.57 Å². The van der Waals surface area contributed by atoms with E-state index in [-0.39, 0.29) is 23.9 Å². The second kappa shape index (κ2) is 14.8. The Morgan fingerprint density at radius 2 is 1.27 bits per heavy atom. The zero-order valence-electron chi connectivity index (χ0n) is 19.0. The summed E-state index contributed by atoms with van der Waals surface area (Å²) >= 11 is 0.